The molecule has 1 saturated heterocycles. The standard InChI is InChI=1S/C23H25ClN4O5S/c1-14-5-3-4-10-28(14)20-9-7-16(13-19(20)27-34(2,31)32)22-25-21(26-33-22)12-15-6-8-17(23(29)30)18(24)11-15/h6-9,11,13-14,27H,3-5,10,12H2,1-2H3,(H,29,30). The Bertz CT molecular complexity index is 1320. The summed E-state index contributed by atoms with van der Waals surface area (Å²) < 4.78 is 32.1. The molecule has 1 aliphatic rings. The van der Waals surface area contributed by atoms with Gasteiger partial charge in [0.25, 0.3) is 5.89 Å². The van der Waals surface area contributed by atoms with E-state index >= 15 is 0 Å². The van der Waals surface area contributed by atoms with Gasteiger partial charge in [-0.1, -0.05) is 22.8 Å². The number of halogens is 1. The van der Waals surface area contributed by atoms with Crippen LogP contribution < -0.4 is 9.62 Å². The molecule has 0 bridgehead atoms. The lowest BCUT2D eigenvalue weighted by molar-refractivity contribution is 0.0697. The summed E-state index contributed by atoms with van der Waals surface area (Å²) in [5.74, 6) is -0.460. The molecule has 11 heteroatoms. The summed E-state index contributed by atoms with van der Waals surface area (Å²) in [4.78, 5) is 17.8. The van der Waals surface area contributed by atoms with E-state index in [9.17, 15) is 13.2 Å². The molecule has 1 fully saturated rings. The maximum Gasteiger partial charge on any atom is 0.337 e. The first-order valence-electron chi connectivity index (χ1n) is 10.8. The van der Waals surface area contributed by atoms with Crippen molar-refractivity contribution in [2.45, 2.75) is 38.6 Å². The minimum absolute atomic E-state index is 0.0215. The van der Waals surface area contributed by atoms with E-state index in [1.165, 1.54) is 6.07 Å². The average molecular weight is 505 g/mol. The second-order valence-electron chi connectivity index (χ2n) is 8.46. The Morgan fingerprint density at radius 1 is 1.26 bits per heavy atom. The van der Waals surface area contributed by atoms with Crippen molar-refractivity contribution in [2.75, 3.05) is 22.4 Å². The molecular formula is C23H25ClN4O5S. The van der Waals surface area contributed by atoms with Gasteiger partial charge in [-0.3, -0.25) is 4.72 Å². The fourth-order valence-corrected chi connectivity index (χ4v) is 4.97. The highest BCUT2D eigenvalue weighted by Gasteiger charge is 2.23. The Balaban J connectivity index is 1.61. The average Bonchev–Trinajstić information content (AvgIpc) is 3.21. The number of hydrogen-bond donors (Lipinski definition) is 2. The largest absolute Gasteiger partial charge is 0.478 e. The van der Waals surface area contributed by atoms with Crippen molar-refractivity contribution >= 4 is 39.0 Å². The number of anilines is 2. The molecule has 4 rings (SSSR count). The number of carbonyl (C=O) groups is 1. The van der Waals surface area contributed by atoms with Crippen LogP contribution in [0, 0.1) is 0 Å². The first-order chi connectivity index (χ1) is 16.1. The summed E-state index contributed by atoms with van der Waals surface area (Å²) in [6.45, 7) is 2.99. The van der Waals surface area contributed by atoms with E-state index in [4.69, 9.17) is 21.2 Å². The third-order valence-electron chi connectivity index (χ3n) is 5.75. The number of benzene rings is 2. The van der Waals surface area contributed by atoms with Crippen LogP contribution in [0.1, 0.15) is 47.9 Å². The zero-order valence-electron chi connectivity index (χ0n) is 18.8. The molecule has 2 heterocycles. The maximum absolute atomic E-state index is 12.0. The Hall–Kier alpha value is -3.11. The van der Waals surface area contributed by atoms with Crippen LogP contribution in [-0.4, -0.2) is 48.5 Å². The van der Waals surface area contributed by atoms with Crippen LogP contribution in [0.2, 0.25) is 5.02 Å². The van der Waals surface area contributed by atoms with Crippen LogP contribution in [0.5, 0.6) is 0 Å². The van der Waals surface area contributed by atoms with E-state index in [-0.39, 0.29) is 16.5 Å². The highest BCUT2D eigenvalue weighted by atomic mass is 35.5. The molecule has 1 atom stereocenters. The Kier molecular flexibility index (Phi) is 6.81. The van der Waals surface area contributed by atoms with Crippen LogP contribution in [0.25, 0.3) is 11.5 Å². The fourth-order valence-electron chi connectivity index (χ4n) is 4.12. The third-order valence-corrected chi connectivity index (χ3v) is 6.65. The van der Waals surface area contributed by atoms with Crippen LogP contribution in [0.3, 0.4) is 0 Å². The quantitative estimate of drug-likeness (QED) is 0.484. The van der Waals surface area contributed by atoms with E-state index in [1.807, 2.05) is 12.1 Å². The molecule has 0 spiro atoms. The molecule has 34 heavy (non-hydrogen) atoms. The van der Waals surface area contributed by atoms with E-state index in [1.54, 1.807) is 18.2 Å². The molecule has 0 radical (unpaired) electrons. The van der Waals surface area contributed by atoms with Crippen molar-refractivity contribution < 1.29 is 22.8 Å². The minimum atomic E-state index is -3.50. The highest BCUT2D eigenvalue weighted by Crippen LogP contribution is 2.35. The molecule has 2 aromatic carbocycles. The van der Waals surface area contributed by atoms with Gasteiger partial charge in [-0.2, -0.15) is 4.98 Å². The van der Waals surface area contributed by atoms with Crippen LogP contribution in [0.15, 0.2) is 40.9 Å². The summed E-state index contributed by atoms with van der Waals surface area (Å²) in [6.07, 6.45) is 4.66. The fraction of sp³-hybridized carbons (Fsp3) is 0.348. The predicted octanol–water partition coefficient (Wildman–Crippen LogP) is 4.43. The van der Waals surface area contributed by atoms with Crippen molar-refractivity contribution in [3.63, 3.8) is 0 Å². The number of carboxylic acid groups (broad SMARTS) is 1. The van der Waals surface area contributed by atoms with Gasteiger partial charge in [0.2, 0.25) is 10.0 Å². The van der Waals surface area contributed by atoms with Gasteiger partial charge in [0.1, 0.15) is 0 Å². The molecule has 9 nitrogen and oxygen atoms in total. The number of aromatic carboxylic acids is 1. The lowest BCUT2D eigenvalue weighted by Gasteiger charge is -2.36. The van der Waals surface area contributed by atoms with E-state index in [0.717, 1.165) is 43.3 Å². The molecule has 180 valence electrons. The van der Waals surface area contributed by atoms with Gasteiger partial charge in [0.05, 0.1) is 28.2 Å². The number of hydrogen-bond acceptors (Lipinski definition) is 7. The van der Waals surface area contributed by atoms with Crippen LogP contribution in [-0.2, 0) is 16.4 Å². The molecular weight excluding hydrogens is 480 g/mol. The number of nitrogens with zero attached hydrogens (tertiary/aromatic N) is 3. The minimum Gasteiger partial charge on any atom is -0.478 e. The van der Waals surface area contributed by atoms with E-state index in [0.29, 0.717) is 29.5 Å². The lowest BCUT2D eigenvalue weighted by Crippen LogP contribution is -2.38. The maximum atomic E-state index is 12.0. The van der Waals surface area contributed by atoms with Gasteiger partial charge < -0.3 is 14.5 Å². The van der Waals surface area contributed by atoms with Crippen molar-refractivity contribution in [1.29, 1.82) is 0 Å². The summed E-state index contributed by atoms with van der Waals surface area (Å²) in [6, 6.07) is 10.4. The van der Waals surface area contributed by atoms with Crippen LogP contribution in [0.4, 0.5) is 11.4 Å². The summed E-state index contributed by atoms with van der Waals surface area (Å²) in [7, 11) is -3.50. The third kappa shape index (κ3) is 5.51. The highest BCUT2D eigenvalue weighted by molar-refractivity contribution is 7.92. The zero-order valence-corrected chi connectivity index (χ0v) is 20.4. The Labute approximate surface area is 202 Å². The molecule has 1 unspecified atom stereocenters. The predicted molar refractivity (Wildman–Crippen MR) is 130 cm³/mol. The number of carboxylic acids is 1. The summed E-state index contributed by atoms with van der Waals surface area (Å²) in [5, 5.41) is 13.3. The van der Waals surface area contributed by atoms with E-state index in [2.05, 4.69) is 26.7 Å². The second kappa shape index (κ2) is 9.63. The normalized spacial score (nSPS) is 16.4. The van der Waals surface area contributed by atoms with Gasteiger partial charge in [-0.25, -0.2) is 13.2 Å². The second-order valence-corrected chi connectivity index (χ2v) is 10.6. The van der Waals surface area contributed by atoms with Gasteiger partial charge in [0, 0.05) is 24.6 Å². The molecule has 2 N–H and O–H groups in total. The van der Waals surface area contributed by atoms with Gasteiger partial charge in [-0.15, -0.1) is 0 Å². The zero-order chi connectivity index (χ0) is 24.5. The van der Waals surface area contributed by atoms with Crippen LogP contribution >= 0.6 is 11.6 Å². The van der Waals surface area contributed by atoms with Crippen molar-refractivity contribution in [1.82, 2.24) is 10.1 Å². The van der Waals surface area contributed by atoms with Crippen molar-refractivity contribution in [2.24, 2.45) is 0 Å². The van der Waals surface area contributed by atoms with Gasteiger partial charge in [-0.05, 0) is 62.1 Å². The molecule has 1 aliphatic heterocycles. The summed E-state index contributed by atoms with van der Waals surface area (Å²) >= 11 is 6.05. The number of piperidine rings is 1. The first-order valence-corrected chi connectivity index (χ1v) is 13.1. The van der Waals surface area contributed by atoms with Crippen molar-refractivity contribution in [3.8, 4) is 11.5 Å². The molecule has 0 saturated carbocycles. The molecule has 0 aliphatic carbocycles. The molecule has 1 aromatic heterocycles. The van der Waals surface area contributed by atoms with E-state index < -0.39 is 16.0 Å². The molecule has 3 aromatic rings. The van der Waals surface area contributed by atoms with Gasteiger partial charge in [0.15, 0.2) is 5.82 Å². The smallest absolute Gasteiger partial charge is 0.337 e. The molecule has 0 amide bonds. The number of sulfonamides is 1. The lowest BCUT2D eigenvalue weighted by atomic mass is 10.0. The number of rotatable bonds is 7. The Morgan fingerprint density at radius 3 is 2.74 bits per heavy atom. The summed E-state index contributed by atoms with van der Waals surface area (Å²) in [5.41, 5.74) is 2.61. The number of nitrogens with one attached hydrogen (secondary N) is 1. The topological polar surface area (TPSA) is 126 Å². The SMILES string of the molecule is CC1CCCCN1c1ccc(-c2nc(Cc3ccc(C(=O)O)c(Cl)c3)no2)cc1NS(C)(=O)=O. The Morgan fingerprint density at radius 2 is 2.06 bits per heavy atom. The van der Waals surface area contributed by atoms with Crippen molar-refractivity contribution in [3.05, 3.63) is 58.4 Å². The number of aromatic nitrogens is 2. The van der Waals surface area contributed by atoms with Gasteiger partial charge >= 0.3 is 5.97 Å². The monoisotopic (exact) mass is 504 g/mol. The first kappa shape index (κ1) is 24.0.